The highest BCUT2D eigenvalue weighted by Crippen LogP contribution is 2.35. The van der Waals surface area contributed by atoms with Gasteiger partial charge >= 0.3 is 6.09 Å². The second kappa shape index (κ2) is 9.02. The molecule has 1 heterocycles. The molecule has 33 heavy (non-hydrogen) atoms. The van der Waals surface area contributed by atoms with Crippen LogP contribution in [0.5, 0.6) is 0 Å². The Morgan fingerprint density at radius 3 is 2.36 bits per heavy atom. The summed E-state index contributed by atoms with van der Waals surface area (Å²) in [6.45, 7) is 7.99. The number of nitrogens with one attached hydrogen (secondary N) is 1. The number of anilines is 1. The fourth-order valence-electron chi connectivity index (χ4n) is 4.28. The van der Waals surface area contributed by atoms with Crippen molar-refractivity contribution < 1.29 is 23.8 Å². The first-order valence-corrected chi connectivity index (χ1v) is 11.2. The normalized spacial score (nSPS) is 20.4. The first kappa shape index (κ1) is 23.0. The van der Waals surface area contributed by atoms with Crippen molar-refractivity contribution in [3.8, 4) is 0 Å². The van der Waals surface area contributed by atoms with Crippen LogP contribution in [0.1, 0.15) is 48.3 Å². The third-order valence-electron chi connectivity index (χ3n) is 5.97. The summed E-state index contributed by atoms with van der Waals surface area (Å²) in [4.78, 5) is 28.9. The van der Waals surface area contributed by atoms with Gasteiger partial charge in [-0.3, -0.25) is 4.79 Å². The van der Waals surface area contributed by atoms with E-state index in [0.717, 1.165) is 16.8 Å². The Morgan fingerprint density at radius 1 is 1.06 bits per heavy atom. The molecule has 1 fully saturated rings. The Bertz CT molecular complexity index is 1030. The second-order valence-corrected chi connectivity index (χ2v) is 9.57. The van der Waals surface area contributed by atoms with E-state index in [-0.39, 0.29) is 12.0 Å². The lowest BCUT2D eigenvalue weighted by molar-refractivity contribution is 0.0240. The Labute approximate surface area is 193 Å². The van der Waals surface area contributed by atoms with Crippen LogP contribution in [0.2, 0.25) is 0 Å². The maximum atomic E-state index is 13.2. The van der Waals surface area contributed by atoms with Crippen LogP contribution < -0.4 is 10.2 Å². The third-order valence-corrected chi connectivity index (χ3v) is 5.97. The zero-order valence-corrected chi connectivity index (χ0v) is 19.2. The first-order chi connectivity index (χ1) is 15.6. The monoisotopic (exact) mass is 455 g/mol. The maximum absolute atomic E-state index is 13.2. The number of amides is 2. The lowest BCUT2D eigenvalue weighted by Gasteiger charge is -2.37. The zero-order chi connectivity index (χ0) is 23.8. The molecule has 4 rings (SSSR count). The molecule has 7 nitrogen and oxygen atoms in total. The van der Waals surface area contributed by atoms with E-state index in [9.17, 15) is 19.1 Å². The Kier molecular flexibility index (Phi) is 6.30. The van der Waals surface area contributed by atoms with E-state index in [2.05, 4.69) is 10.2 Å². The minimum Gasteiger partial charge on any atom is -0.444 e. The van der Waals surface area contributed by atoms with Crippen molar-refractivity contribution >= 4 is 17.7 Å². The molecule has 2 amide bonds. The van der Waals surface area contributed by atoms with Gasteiger partial charge in [-0.05, 0) is 68.3 Å². The van der Waals surface area contributed by atoms with Crippen LogP contribution in [0.3, 0.4) is 0 Å². The number of aliphatic hydroxyl groups excluding tert-OH is 1. The standard InChI is InChI=1S/C25H30FN3O4/c1-25(2,3)33-24(32)29-12-10-28(11-13-29)19-9-6-17-14-21(30)22(20(17)15-19)27-23(31)16-4-7-18(26)8-5-16/h4-9,15,21-22,30H,10-14H2,1-3H3,(H,27,31). The molecular formula is C25H30FN3O4. The number of fused-ring (bicyclic) bond motifs is 1. The predicted molar refractivity (Wildman–Crippen MR) is 123 cm³/mol. The molecule has 0 radical (unpaired) electrons. The molecule has 2 N–H and O–H groups in total. The molecule has 2 aromatic carbocycles. The van der Waals surface area contributed by atoms with E-state index < -0.39 is 23.6 Å². The molecule has 2 unspecified atom stereocenters. The number of piperazine rings is 1. The van der Waals surface area contributed by atoms with E-state index in [0.29, 0.717) is 38.2 Å². The van der Waals surface area contributed by atoms with Gasteiger partial charge in [0.1, 0.15) is 11.4 Å². The summed E-state index contributed by atoms with van der Waals surface area (Å²) in [5.41, 5.74) is 2.66. The Morgan fingerprint density at radius 2 is 1.73 bits per heavy atom. The van der Waals surface area contributed by atoms with Crippen LogP contribution >= 0.6 is 0 Å². The number of ether oxygens (including phenoxy) is 1. The summed E-state index contributed by atoms with van der Waals surface area (Å²) in [5.74, 6) is -0.766. The van der Waals surface area contributed by atoms with Gasteiger partial charge in [-0.2, -0.15) is 0 Å². The molecule has 2 aliphatic rings. The van der Waals surface area contributed by atoms with Crippen LogP contribution in [0.4, 0.5) is 14.9 Å². The van der Waals surface area contributed by atoms with Gasteiger partial charge in [-0.1, -0.05) is 6.07 Å². The van der Waals surface area contributed by atoms with Crippen LogP contribution in [0.15, 0.2) is 42.5 Å². The van der Waals surface area contributed by atoms with Gasteiger partial charge in [0.25, 0.3) is 5.91 Å². The van der Waals surface area contributed by atoms with Crippen molar-refractivity contribution in [1.29, 1.82) is 0 Å². The quantitative estimate of drug-likeness (QED) is 0.743. The van der Waals surface area contributed by atoms with Gasteiger partial charge in [0, 0.05) is 43.9 Å². The summed E-state index contributed by atoms with van der Waals surface area (Å²) >= 11 is 0. The first-order valence-electron chi connectivity index (χ1n) is 11.2. The molecular weight excluding hydrogens is 425 g/mol. The summed E-state index contributed by atoms with van der Waals surface area (Å²) in [6, 6.07) is 10.8. The lowest BCUT2D eigenvalue weighted by Crippen LogP contribution is -2.50. The summed E-state index contributed by atoms with van der Waals surface area (Å²) in [7, 11) is 0. The SMILES string of the molecule is CC(C)(C)OC(=O)N1CCN(c2ccc3c(c2)C(NC(=O)c2ccc(F)cc2)C(O)C3)CC1. The average molecular weight is 456 g/mol. The summed E-state index contributed by atoms with van der Waals surface area (Å²) < 4.78 is 18.6. The second-order valence-electron chi connectivity index (χ2n) is 9.57. The number of nitrogens with zero attached hydrogens (tertiary/aromatic N) is 2. The van der Waals surface area contributed by atoms with E-state index in [1.54, 1.807) is 4.90 Å². The van der Waals surface area contributed by atoms with Crippen molar-refractivity contribution in [1.82, 2.24) is 10.2 Å². The highest BCUT2D eigenvalue weighted by molar-refractivity contribution is 5.94. The van der Waals surface area contributed by atoms with Gasteiger partial charge in [-0.15, -0.1) is 0 Å². The van der Waals surface area contributed by atoms with Crippen molar-refractivity contribution in [2.24, 2.45) is 0 Å². The molecule has 0 aromatic heterocycles. The molecule has 0 bridgehead atoms. The van der Waals surface area contributed by atoms with Crippen LogP contribution in [-0.2, 0) is 11.2 Å². The van der Waals surface area contributed by atoms with Crippen molar-refractivity contribution in [2.45, 2.75) is 44.9 Å². The Hall–Kier alpha value is -3.13. The minimum absolute atomic E-state index is 0.303. The molecule has 1 aliphatic carbocycles. The number of hydrogen-bond donors (Lipinski definition) is 2. The number of hydrogen-bond acceptors (Lipinski definition) is 5. The predicted octanol–water partition coefficient (Wildman–Crippen LogP) is 3.27. The van der Waals surface area contributed by atoms with Crippen molar-refractivity contribution in [3.05, 3.63) is 65.0 Å². The number of halogens is 1. The fraction of sp³-hybridized carbons (Fsp3) is 0.440. The lowest BCUT2D eigenvalue weighted by atomic mass is 10.0. The largest absolute Gasteiger partial charge is 0.444 e. The number of carbonyl (C=O) groups is 2. The van der Waals surface area contributed by atoms with Crippen LogP contribution in [-0.4, -0.2) is 59.9 Å². The number of aliphatic hydroxyl groups is 1. The summed E-state index contributed by atoms with van der Waals surface area (Å²) in [5, 5.41) is 13.5. The van der Waals surface area contributed by atoms with E-state index in [4.69, 9.17) is 4.74 Å². The fourth-order valence-corrected chi connectivity index (χ4v) is 4.28. The molecule has 176 valence electrons. The maximum Gasteiger partial charge on any atom is 0.410 e. The van der Waals surface area contributed by atoms with Gasteiger partial charge in [0.2, 0.25) is 0 Å². The molecule has 1 saturated heterocycles. The smallest absolute Gasteiger partial charge is 0.410 e. The number of carbonyl (C=O) groups excluding carboxylic acids is 2. The molecule has 1 aliphatic heterocycles. The minimum atomic E-state index is -0.733. The van der Waals surface area contributed by atoms with Crippen LogP contribution in [0.25, 0.3) is 0 Å². The zero-order valence-electron chi connectivity index (χ0n) is 19.2. The molecule has 2 atom stereocenters. The highest BCUT2D eigenvalue weighted by atomic mass is 19.1. The van der Waals surface area contributed by atoms with Crippen molar-refractivity contribution in [3.63, 3.8) is 0 Å². The van der Waals surface area contributed by atoms with E-state index in [1.165, 1.54) is 24.3 Å². The molecule has 8 heteroatoms. The van der Waals surface area contributed by atoms with Gasteiger partial charge < -0.3 is 25.0 Å². The topological polar surface area (TPSA) is 82.1 Å². The molecule has 0 spiro atoms. The van der Waals surface area contributed by atoms with Crippen LogP contribution in [0, 0.1) is 5.82 Å². The van der Waals surface area contributed by atoms with Gasteiger partial charge in [0.05, 0.1) is 12.1 Å². The third kappa shape index (κ3) is 5.27. The number of benzene rings is 2. The van der Waals surface area contributed by atoms with E-state index >= 15 is 0 Å². The van der Waals surface area contributed by atoms with E-state index in [1.807, 2.05) is 39.0 Å². The van der Waals surface area contributed by atoms with Crippen molar-refractivity contribution in [2.75, 3.05) is 31.1 Å². The number of rotatable bonds is 3. The Balaban J connectivity index is 1.44. The van der Waals surface area contributed by atoms with Gasteiger partial charge in [-0.25, -0.2) is 9.18 Å². The summed E-state index contributed by atoms with van der Waals surface area (Å²) in [6.07, 6.45) is -0.581. The molecule has 0 saturated carbocycles. The highest BCUT2D eigenvalue weighted by Gasteiger charge is 2.33. The molecule has 2 aromatic rings. The van der Waals surface area contributed by atoms with Gasteiger partial charge in [0.15, 0.2) is 0 Å². The average Bonchev–Trinajstić information content (AvgIpc) is 3.07.